The fraction of sp³-hybridized carbons (Fsp3) is 0.375. The number of thiophene rings is 1. The molecule has 1 saturated heterocycles. The van der Waals surface area contributed by atoms with Gasteiger partial charge >= 0.3 is 0 Å². The van der Waals surface area contributed by atoms with E-state index < -0.39 is 0 Å². The van der Waals surface area contributed by atoms with Crippen molar-refractivity contribution in [1.29, 1.82) is 0 Å². The quantitative estimate of drug-likeness (QED) is 0.872. The topological polar surface area (TPSA) is 35.5 Å². The van der Waals surface area contributed by atoms with Gasteiger partial charge in [-0.3, -0.25) is 4.90 Å². The number of benzene rings is 1. The first-order valence-corrected chi connectivity index (χ1v) is 8.82. The molecule has 0 radical (unpaired) electrons. The molecule has 1 aliphatic heterocycles. The minimum atomic E-state index is 0.112. The highest BCUT2D eigenvalue weighted by Gasteiger charge is 2.29. The van der Waals surface area contributed by atoms with E-state index in [1.54, 1.807) is 11.3 Å². The van der Waals surface area contributed by atoms with E-state index in [1.165, 1.54) is 4.88 Å². The zero-order chi connectivity index (χ0) is 14.8. The lowest BCUT2D eigenvalue weighted by Gasteiger charge is -2.35. The SMILES string of the molecule is Cc1ccc(Br)c([C@H](c2cccs2)N2CCNCC2)c1O. The van der Waals surface area contributed by atoms with Crippen molar-refractivity contribution in [1.82, 2.24) is 10.2 Å². The summed E-state index contributed by atoms with van der Waals surface area (Å²) in [5, 5.41) is 16.1. The van der Waals surface area contributed by atoms with E-state index in [9.17, 15) is 5.11 Å². The van der Waals surface area contributed by atoms with Crippen LogP contribution in [0.25, 0.3) is 0 Å². The number of piperazine rings is 1. The smallest absolute Gasteiger partial charge is 0.124 e. The van der Waals surface area contributed by atoms with E-state index in [-0.39, 0.29) is 6.04 Å². The first-order chi connectivity index (χ1) is 10.2. The zero-order valence-electron chi connectivity index (χ0n) is 12.0. The Labute approximate surface area is 137 Å². The van der Waals surface area contributed by atoms with Crippen molar-refractivity contribution < 1.29 is 5.11 Å². The molecule has 112 valence electrons. The largest absolute Gasteiger partial charge is 0.507 e. The summed E-state index contributed by atoms with van der Waals surface area (Å²) in [6.45, 7) is 5.91. The van der Waals surface area contributed by atoms with Crippen LogP contribution >= 0.6 is 27.3 Å². The standard InChI is InChI=1S/C16H19BrN2OS/c1-11-4-5-12(17)14(16(11)20)15(13-3-2-10-21-13)19-8-6-18-7-9-19/h2-5,10,15,18,20H,6-9H2,1H3/t15-/m0/s1. The molecule has 2 N–H and O–H groups in total. The van der Waals surface area contributed by atoms with Gasteiger partial charge in [0.1, 0.15) is 5.75 Å². The molecule has 1 aromatic heterocycles. The third kappa shape index (κ3) is 3.01. The number of phenolic OH excluding ortho intramolecular Hbond substituents is 1. The van der Waals surface area contributed by atoms with E-state index in [2.05, 4.69) is 43.7 Å². The monoisotopic (exact) mass is 366 g/mol. The third-order valence-corrected chi connectivity index (χ3v) is 5.58. The predicted molar refractivity (Wildman–Crippen MR) is 91.1 cm³/mol. The molecule has 1 atom stereocenters. The van der Waals surface area contributed by atoms with E-state index in [0.717, 1.165) is 41.8 Å². The molecule has 5 heteroatoms. The second-order valence-corrected chi connectivity index (χ2v) is 7.16. The van der Waals surface area contributed by atoms with Gasteiger partial charge in [-0.25, -0.2) is 0 Å². The minimum absolute atomic E-state index is 0.112. The highest BCUT2D eigenvalue weighted by molar-refractivity contribution is 9.10. The summed E-state index contributed by atoms with van der Waals surface area (Å²) in [4.78, 5) is 3.72. The molecule has 0 unspecified atom stereocenters. The van der Waals surface area contributed by atoms with Crippen LogP contribution in [-0.4, -0.2) is 36.2 Å². The van der Waals surface area contributed by atoms with Crippen molar-refractivity contribution in [2.24, 2.45) is 0 Å². The molecule has 0 aliphatic carbocycles. The Kier molecular flexibility index (Phi) is 4.64. The number of phenols is 1. The Hall–Kier alpha value is -0.880. The maximum atomic E-state index is 10.6. The first kappa shape index (κ1) is 15.0. The Bertz CT molecular complexity index is 609. The number of hydrogen-bond acceptors (Lipinski definition) is 4. The number of nitrogens with one attached hydrogen (secondary N) is 1. The second kappa shape index (κ2) is 6.48. The Balaban J connectivity index is 2.09. The minimum Gasteiger partial charge on any atom is -0.507 e. The Morgan fingerprint density at radius 2 is 2.05 bits per heavy atom. The number of aromatic hydroxyl groups is 1. The van der Waals surface area contributed by atoms with Crippen molar-refractivity contribution >= 4 is 27.3 Å². The van der Waals surface area contributed by atoms with Crippen molar-refractivity contribution in [3.63, 3.8) is 0 Å². The molecule has 0 saturated carbocycles. The highest BCUT2D eigenvalue weighted by atomic mass is 79.9. The average molecular weight is 367 g/mol. The van der Waals surface area contributed by atoms with Crippen LogP contribution in [0.3, 0.4) is 0 Å². The zero-order valence-corrected chi connectivity index (χ0v) is 14.4. The van der Waals surface area contributed by atoms with Gasteiger partial charge in [-0.05, 0) is 30.0 Å². The van der Waals surface area contributed by atoms with Crippen molar-refractivity contribution in [2.45, 2.75) is 13.0 Å². The van der Waals surface area contributed by atoms with Crippen LogP contribution in [0.1, 0.15) is 22.0 Å². The van der Waals surface area contributed by atoms with Gasteiger partial charge in [-0.2, -0.15) is 0 Å². The van der Waals surface area contributed by atoms with Gasteiger partial charge in [-0.15, -0.1) is 11.3 Å². The lowest BCUT2D eigenvalue weighted by atomic mass is 9.99. The lowest BCUT2D eigenvalue weighted by Crippen LogP contribution is -2.45. The molecular formula is C16H19BrN2OS. The van der Waals surface area contributed by atoms with Crippen LogP contribution in [-0.2, 0) is 0 Å². The molecule has 0 amide bonds. The van der Waals surface area contributed by atoms with Crippen LogP contribution in [0, 0.1) is 6.92 Å². The Morgan fingerprint density at radius 1 is 1.29 bits per heavy atom. The molecule has 21 heavy (non-hydrogen) atoms. The van der Waals surface area contributed by atoms with Crippen LogP contribution < -0.4 is 5.32 Å². The molecule has 2 aromatic rings. The maximum Gasteiger partial charge on any atom is 0.124 e. The van der Waals surface area contributed by atoms with Crippen molar-refractivity contribution in [2.75, 3.05) is 26.2 Å². The summed E-state index contributed by atoms with van der Waals surface area (Å²) in [6, 6.07) is 8.34. The molecule has 3 rings (SSSR count). The van der Waals surface area contributed by atoms with E-state index >= 15 is 0 Å². The maximum absolute atomic E-state index is 10.6. The summed E-state index contributed by atoms with van der Waals surface area (Å²) < 4.78 is 0.975. The first-order valence-electron chi connectivity index (χ1n) is 7.14. The number of hydrogen-bond donors (Lipinski definition) is 2. The molecule has 2 heterocycles. The highest BCUT2D eigenvalue weighted by Crippen LogP contribution is 2.42. The predicted octanol–water partition coefficient (Wildman–Crippen LogP) is 3.52. The van der Waals surface area contributed by atoms with Gasteiger partial charge in [0, 0.05) is 41.1 Å². The second-order valence-electron chi connectivity index (χ2n) is 5.33. The summed E-state index contributed by atoms with van der Waals surface area (Å²) >= 11 is 5.39. The van der Waals surface area contributed by atoms with Crippen LogP contribution in [0.4, 0.5) is 0 Å². The summed E-state index contributed by atoms with van der Waals surface area (Å²) in [5.41, 5.74) is 1.91. The van der Waals surface area contributed by atoms with E-state index in [0.29, 0.717) is 5.75 Å². The fourth-order valence-electron chi connectivity index (χ4n) is 2.84. The van der Waals surface area contributed by atoms with Gasteiger partial charge in [-0.1, -0.05) is 28.1 Å². The molecule has 0 spiro atoms. The van der Waals surface area contributed by atoms with Crippen molar-refractivity contribution in [3.8, 4) is 5.75 Å². The third-order valence-electron chi connectivity index (χ3n) is 3.97. The normalized spacial score (nSPS) is 17.8. The average Bonchev–Trinajstić information content (AvgIpc) is 3.02. The van der Waals surface area contributed by atoms with Gasteiger partial charge in [0.15, 0.2) is 0 Å². The van der Waals surface area contributed by atoms with Crippen LogP contribution in [0.2, 0.25) is 0 Å². The summed E-state index contributed by atoms with van der Waals surface area (Å²) in [6.07, 6.45) is 0. The van der Waals surface area contributed by atoms with Gasteiger partial charge < -0.3 is 10.4 Å². The fourth-order valence-corrected chi connectivity index (χ4v) is 4.25. The number of halogens is 1. The van der Waals surface area contributed by atoms with Gasteiger partial charge in [0.05, 0.1) is 6.04 Å². The van der Waals surface area contributed by atoms with Gasteiger partial charge in [0.2, 0.25) is 0 Å². The lowest BCUT2D eigenvalue weighted by molar-refractivity contribution is 0.197. The molecule has 0 bridgehead atoms. The van der Waals surface area contributed by atoms with Gasteiger partial charge in [0.25, 0.3) is 0 Å². The van der Waals surface area contributed by atoms with Crippen molar-refractivity contribution in [3.05, 3.63) is 50.1 Å². The number of nitrogens with zero attached hydrogens (tertiary/aromatic N) is 1. The molecule has 1 aromatic carbocycles. The number of aryl methyl sites for hydroxylation is 1. The molecule has 1 aliphatic rings. The molecule has 1 fully saturated rings. The molecule has 3 nitrogen and oxygen atoms in total. The number of rotatable bonds is 3. The van der Waals surface area contributed by atoms with E-state index in [1.807, 2.05) is 19.1 Å². The van der Waals surface area contributed by atoms with E-state index in [4.69, 9.17) is 0 Å². The Morgan fingerprint density at radius 3 is 2.71 bits per heavy atom. The molecular weight excluding hydrogens is 348 g/mol. The van der Waals surface area contributed by atoms with Crippen LogP contribution in [0.15, 0.2) is 34.1 Å². The summed E-state index contributed by atoms with van der Waals surface area (Å²) in [5.74, 6) is 0.404. The summed E-state index contributed by atoms with van der Waals surface area (Å²) in [7, 11) is 0. The van der Waals surface area contributed by atoms with Crippen LogP contribution in [0.5, 0.6) is 5.75 Å².